The lowest BCUT2D eigenvalue weighted by atomic mass is 9.97. The fourth-order valence-electron chi connectivity index (χ4n) is 2.18. The number of nitrogens with zero attached hydrogens (tertiary/aromatic N) is 3. The van der Waals surface area contributed by atoms with Crippen LogP contribution in [0.25, 0.3) is 0 Å². The summed E-state index contributed by atoms with van der Waals surface area (Å²) < 4.78 is 5.73. The van der Waals surface area contributed by atoms with Gasteiger partial charge in [-0.3, -0.25) is 0 Å². The average Bonchev–Trinajstić information content (AvgIpc) is 3.19. The van der Waals surface area contributed by atoms with Crippen molar-refractivity contribution in [1.82, 2.24) is 15.2 Å². The van der Waals surface area contributed by atoms with Crippen LogP contribution in [0.1, 0.15) is 36.4 Å². The van der Waals surface area contributed by atoms with Crippen molar-refractivity contribution in [2.24, 2.45) is 0 Å². The van der Waals surface area contributed by atoms with Crippen molar-refractivity contribution >= 4 is 17.4 Å². The van der Waals surface area contributed by atoms with E-state index in [0.717, 1.165) is 12.1 Å². The molecule has 2 aromatic heterocycles. The minimum atomic E-state index is 0.133. The van der Waals surface area contributed by atoms with Gasteiger partial charge in [0.15, 0.2) is 0 Å². The maximum Gasteiger partial charge on any atom is 0.315 e. The Morgan fingerprint density at radius 1 is 1.24 bits per heavy atom. The summed E-state index contributed by atoms with van der Waals surface area (Å²) in [5.41, 5.74) is 3.96. The molecule has 0 saturated carbocycles. The molecular formula is C15H16N4OS. The molecule has 0 aliphatic rings. The van der Waals surface area contributed by atoms with E-state index in [2.05, 4.69) is 39.6 Å². The monoisotopic (exact) mass is 300 g/mol. The van der Waals surface area contributed by atoms with Crippen LogP contribution in [0.15, 0.2) is 45.6 Å². The smallest absolute Gasteiger partial charge is 0.315 e. The van der Waals surface area contributed by atoms with E-state index in [9.17, 15) is 0 Å². The first-order valence-electron chi connectivity index (χ1n) is 6.86. The minimum absolute atomic E-state index is 0.133. The van der Waals surface area contributed by atoms with Crippen LogP contribution in [-0.2, 0) is 6.54 Å². The predicted molar refractivity (Wildman–Crippen MR) is 82.3 cm³/mol. The van der Waals surface area contributed by atoms with Crippen molar-refractivity contribution in [1.29, 1.82) is 0 Å². The van der Waals surface area contributed by atoms with E-state index < -0.39 is 0 Å². The number of nitrogens with one attached hydrogen (secondary N) is 1. The van der Waals surface area contributed by atoms with Crippen LogP contribution in [0.3, 0.4) is 0 Å². The van der Waals surface area contributed by atoms with E-state index in [0.29, 0.717) is 18.5 Å². The molecule has 3 aromatic rings. The molecule has 0 radical (unpaired) electrons. The molecule has 0 unspecified atom stereocenters. The van der Waals surface area contributed by atoms with E-state index in [1.807, 2.05) is 23.6 Å². The highest BCUT2D eigenvalue weighted by Gasteiger charge is 2.18. The number of hydrogen-bond acceptors (Lipinski definition) is 6. The zero-order chi connectivity index (χ0) is 14.5. The topological polar surface area (TPSA) is 63.8 Å². The number of thiazole rings is 1. The van der Waals surface area contributed by atoms with E-state index in [1.165, 1.54) is 5.56 Å². The first-order valence-corrected chi connectivity index (χ1v) is 7.80. The van der Waals surface area contributed by atoms with Crippen molar-refractivity contribution in [2.75, 3.05) is 5.32 Å². The standard InChI is InChI=1S/C15H16N4OS/c1-2-13(11-6-4-3-5-7-11)14-18-19-15(20-14)16-8-12-9-21-10-17-12/h3-7,9-10,13H,2,8H2,1H3,(H,16,19)/t13-/m0/s1. The Morgan fingerprint density at radius 3 is 2.81 bits per heavy atom. The molecule has 0 bridgehead atoms. The number of hydrogen-bond donors (Lipinski definition) is 1. The number of aromatic nitrogens is 3. The third-order valence-electron chi connectivity index (χ3n) is 3.25. The van der Waals surface area contributed by atoms with Crippen LogP contribution in [-0.4, -0.2) is 15.2 Å². The summed E-state index contributed by atoms with van der Waals surface area (Å²) in [6.07, 6.45) is 0.914. The Morgan fingerprint density at radius 2 is 2.10 bits per heavy atom. The van der Waals surface area contributed by atoms with Gasteiger partial charge in [-0.15, -0.1) is 16.4 Å². The maximum absolute atomic E-state index is 5.73. The van der Waals surface area contributed by atoms with Gasteiger partial charge in [-0.2, -0.15) is 0 Å². The van der Waals surface area contributed by atoms with Crippen molar-refractivity contribution < 1.29 is 4.42 Å². The van der Waals surface area contributed by atoms with Crippen LogP contribution >= 0.6 is 11.3 Å². The highest BCUT2D eigenvalue weighted by molar-refractivity contribution is 7.07. The molecule has 21 heavy (non-hydrogen) atoms. The van der Waals surface area contributed by atoms with E-state index in [-0.39, 0.29) is 5.92 Å². The Hall–Kier alpha value is -2.21. The van der Waals surface area contributed by atoms with Gasteiger partial charge in [0.05, 0.1) is 23.7 Å². The Kier molecular flexibility index (Phi) is 4.25. The summed E-state index contributed by atoms with van der Waals surface area (Å²) in [7, 11) is 0. The van der Waals surface area contributed by atoms with Gasteiger partial charge in [0.1, 0.15) is 0 Å². The van der Waals surface area contributed by atoms with Crippen molar-refractivity contribution in [3.63, 3.8) is 0 Å². The number of rotatable bonds is 6. The van der Waals surface area contributed by atoms with Crippen molar-refractivity contribution in [3.8, 4) is 0 Å². The molecule has 1 aromatic carbocycles. The summed E-state index contributed by atoms with van der Waals surface area (Å²) in [6, 6.07) is 10.7. The van der Waals surface area contributed by atoms with Gasteiger partial charge >= 0.3 is 6.01 Å². The normalized spacial score (nSPS) is 12.2. The van der Waals surface area contributed by atoms with Gasteiger partial charge < -0.3 is 9.73 Å². The van der Waals surface area contributed by atoms with Gasteiger partial charge in [0, 0.05) is 5.38 Å². The molecule has 0 spiro atoms. The quantitative estimate of drug-likeness (QED) is 0.752. The van der Waals surface area contributed by atoms with E-state index >= 15 is 0 Å². The summed E-state index contributed by atoms with van der Waals surface area (Å²) in [4.78, 5) is 4.20. The van der Waals surface area contributed by atoms with Gasteiger partial charge in [-0.25, -0.2) is 4.98 Å². The SMILES string of the molecule is CC[C@@H](c1ccccc1)c1nnc(NCc2cscn2)o1. The number of benzene rings is 1. The lowest BCUT2D eigenvalue weighted by Gasteiger charge is -2.10. The van der Waals surface area contributed by atoms with Gasteiger partial charge in [0.2, 0.25) is 5.89 Å². The average molecular weight is 300 g/mol. The molecule has 0 fully saturated rings. The number of anilines is 1. The van der Waals surface area contributed by atoms with Gasteiger partial charge in [-0.1, -0.05) is 42.4 Å². The first kappa shape index (κ1) is 13.8. The molecule has 1 N–H and O–H groups in total. The van der Waals surface area contributed by atoms with E-state index in [4.69, 9.17) is 4.42 Å². The molecule has 1 atom stereocenters. The van der Waals surface area contributed by atoms with Gasteiger partial charge in [-0.05, 0) is 12.0 Å². The van der Waals surface area contributed by atoms with Crippen LogP contribution in [0.4, 0.5) is 6.01 Å². The highest BCUT2D eigenvalue weighted by atomic mass is 32.1. The molecule has 0 amide bonds. The van der Waals surface area contributed by atoms with Crippen molar-refractivity contribution in [3.05, 3.63) is 58.4 Å². The van der Waals surface area contributed by atoms with Crippen LogP contribution in [0, 0.1) is 0 Å². The first-order chi connectivity index (χ1) is 10.4. The molecule has 0 aliphatic carbocycles. The second-order valence-electron chi connectivity index (χ2n) is 4.65. The summed E-state index contributed by atoms with van der Waals surface area (Å²) in [5, 5.41) is 13.3. The minimum Gasteiger partial charge on any atom is -0.407 e. The fraction of sp³-hybridized carbons (Fsp3) is 0.267. The molecule has 2 heterocycles. The Labute approximate surface area is 127 Å². The molecular weight excluding hydrogens is 284 g/mol. The molecule has 0 aliphatic heterocycles. The van der Waals surface area contributed by atoms with E-state index in [1.54, 1.807) is 16.8 Å². The molecule has 5 nitrogen and oxygen atoms in total. The van der Waals surface area contributed by atoms with Gasteiger partial charge in [0.25, 0.3) is 0 Å². The molecule has 6 heteroatoms. The zero-order valence-corrected chi connectivity index (χ0v) is 12.5. The summed E-state index contributed by atoms with van der Waals surface area (Å²) in [5.74, 6) is 0.776. The third kappa shape index (κ3) is 3.28. The maximum atomic E-state index is 5.73. The van der Waals surface area contributed by atoms with Crippen LogP contribution in [0.5, 0.6) is 0 Å². The fourth-order valence-corrected chi connectivity index (χ4v) is 2.73. The second-order valence-corrected chi connectivity index (χ2v) is 5.37. The summed E-state index contributed by atoms with van der Waals surface area (Å²) >= 11 is 1.57. The van der Waals surface area contributed by atoms with Crippen molar-refractivity contribution in [2.45, 2.75) is 25.8 Å². The summed E-state index contributed by atoms with van der Waals surface area (Å²) in [6.45, 7) is 2.71. The second kappa shape index (κ2) is 6.49. The lowest BCUT2D eigenvalue weighted by Crippen LogP contribution is -2.00. The molecule has 108 valence electrons. The van der Waals surface area contributed by atoms with Crippen LogP contribution in [0.2, 0.25) is 0 Å². The third-order valence-corrected chi connectivity index (χ3v) is 3.89. The predicted octanol–water partition coefficient (Wildman–Crippen LogP) is 3.68. The molecule has 3 rings (SSSR count). The molecule has 0 saturated heterocycles. The Balaban J connectivity index is 1.71. The lowest BCUT2D eigenvalue weighted by molar-refractivity contribution is 0.473. The Bertz CT molecular complexity index is 666. The largest absolute Gasteiger partial charge is 0.407 e. The van der Waals surface area contributed by atoms with Crippen LogP contribution < -0.4 is 5.32 Å². The highest BCUT2D eigenvalue weighted by Crippen LogP contribution is 2.27. The zero-order valence-electron chi connectivity index (χ0n) is 11.7.